The van der Waals surface area contributed by atoms with Crippen molar-refractivity contribution in [1.82, 2.24) is 0 Å². The molecule has 0 aliphatic carbocycles. The standard InChI is InChI=1S/C17H17NO2S/c19-12-13-10-15(18-8-4-5-9-18)17(16(21)11-13)20-14-6-2-1-3-7-14/h1-3,6-7,10-12,21H,4-5,8-9H2. The van der Waals surface area contributed by atoms with Crippen LogP contribution in [0.15, 0.2) is 47.4 Å². The van der Waals surface area contributed by atoms with Gasteiger partial charge in [-0.15, -0.1) is 12.6 Å². The van der Waals surface area contributed by atoms with E-state index in [1.165, 1.54) is 0 Å². The van der Waals surface area contributed by atoms with Gasteiger partial charge in [-0.05, 0) is 37.1 Å². The molecule has 108 valence electrons. The number of carbonyl (C=O) groups excluding carboxylic acids is 1. The number of hydrogen-bond acceptors (Lipinski definition) is 4. The summed E-state index contributed by atoms with van der Waals surface area (Å²) in [6.07, 6.45) is 3.18. The Balaban J connectivity index is 2.02. The maximum atomic E-state index is 11.1. The van der Waals surface area contributed by atoms with Gasteiger partial charge in [0.15, 0.2) is 5.75 Å². The van der Waals surface area contributed by atoms with Gasteiger partial charge < -0.3 is 9.64 Å². The van der Waals surface area contributed by atoms with Crippen LogP contribution in [0, 0.1) is 0 Å². The summed E-state index contributed by atoms with van der Waals surface area (Å²) >= 11 is 4.50. The van der Waals surface area contributed by atoms with Crippen molar-refractivity contribution in [3.63, 3.8) is 0 Å². The quantitative estimate of drug-likeness (QED) is 0.678. The van der Waals surface area contributed by atoms with Crippen molar-refractivity contribution < 1.29 is 9.53 Å². The van der Waals surface area contributed by atoms with Crippen LogP contribution in [0.3, 0.4) is 0 Å². The first-order valence-corrected chi connectivity index (χ1v) is 7.52. The number of thiol groups is 1. The van der Waals surface area contributed by atoms with Crippen LogP contribution in [-0.2, 0) is 0 Å². The van der Waals surface area contributed by atoms with Crippen LogP contribution < -0.4 is 9.64 Å². The first-order valence-electron chi connectivity index (χ1n) is 7.08. The average molecular weight is 299 g/mol. The summed E-state index contributed by atoms with van der Waals surface area (Å²) in [4.78, 5) is 14.0. The molecule has 0 radical (unpaired) electrons. The first kappa shape index (κ1) is 14.0. The van der Waals surface area contributed by atoms with E-state index in [0.717, 1.165) is 49.4 Å². The molecule has 0 unspecified atom stereocenters. The normalized spacial score (nSPS) is 14.2. The number of carbonyl (C=O) groups is 1. The Morgan fingerprint density at radius 1 is 1.10 bits per heavy atom. The molecule has 3 rings (SSSR count). The molecule has 0 atom stereocenters. The monoisotopic (exact) mass is 299 g/mol. The number of rotatable bonds is 4. The van der Waals surface area contributed by atoms with Gasteiger partial charge in [0.25, 0.3) is 0 Å². The van der Waals surface area contributed by atoms with E-state index in [1.54, 1.807) is 6.07 Å². The summed E-state index contributed by atoms with van der Waals surface area (Å²) in [7, 11) is 0. The first-order chi connectivity index (χ1) is 10.3. The molecule has 0 aromatic heterocycles. The molecule has 1 saturated heterocycles. The molecule has 1 heterocycles. The maximum absolute atomic E-state index is 11.1. The van der Waals surface area contributed by atoms with Crippen molar-refractivity contribution in [3.05, 3.63) is 48.0 Å². The Labute approximate surface area is 129 Å². The minimum atomic E-state index is 0.627. The van der Waals surface area contributed by atoms with Gasteiger partial charge in [-0.1, -0.05) is 18.2 Å². The molecule has 2 aromatic carbocycles. The van der Waals surface area contributed by atoms with Gasteiger partial charge in [-0.25, -0.2) is 0 Å². The van der Waals surface area contributed by atoms with Gasteiger partial charge in [0.05, 0.1) is 5.69 Å². The van der Waals surface area contributed by atoms with Gasteiger partial charge >= 0.3 is 0 Å². The minimum Gasteiger partial charge on any atom is -0.454 e. The van der Waals surface area contributed by atoms with E-state index in [1.807, 2.05) is 36.4 Å². The SMILES string of the molecule is O=Cc1cc(S)c(Oc2ccccc2)c(N2CCCC2)c1. The van der Waals surface area contributed by atoms with Gasteiger partial charge in [0.2, 0.25) is 0 Å². The van der Waals surface area contributed by atoms with Crippen LogP contribution >= 0.6 is 12.6 Å². The van der Waals surface area contributed by atoms with Crippen molar-refractivity contribution in [2.24, 2.45) is 0 Å². The Morgan fingerprint density at radius 2 is 1.81 bits per heavy atom. The third-order valence-corrected chi connectivity index (χ3v) is 3.95. The summed E-state index contributed by atoms with van der Waals surface area (Å²) in [5.41, 5.74) is 1.58. The Morgan fingerprint density at radius 3 is 2.48 bits per heavy atom. The van der Waals surface area contributed by atoms with Crippen LogP contribution in [-0.4, -0.2) is 19.4 Å². The second-order valence-electron chi connectivity index (χ2n) is 5.12. The van der Waals surface area contributed by atoms with Gasteiger partial charge in [-0.2, -0.15) is 0 Å². The highest BCUT2D eigenvalue weighted by molar-refractivity contribution is 7.80. The zero-order valence-electron chi connectivity index (χ0n) is 11.7. The maximum Gasteiger partial charge on any atom is 0.164 e. The van der Waals surface area contributed by atoms with E-state index >= 15 is 0 Å². The van der Waals surface area contributed by atoms with Crippen LogP contribution in [0.1, 0.15) is 23.2 Å². The molecule has 0 bridgehead atoms. The molecular weight excluding hydrogens is 282 g/mol. The topological polar surface area (TPSA) is 29.5 Å². The summed E-state index contributed by atoms with van der Waals surface area (Å²) in [5.74, 6) is 1.49. The van der Waals surface area contributed by atoms with E-state index < -0.39 is 0 Å². The molecule has 0 spiro atoms. The molecule has 0 N–H and O–H groups in total. The zero-order valence-corrected chi connectivity index (χ0v) is 12.6. The number of para-hydroxylation sites is 1. The number of aldehydes is 1. The van der Waals surface area contributed by atoms with Crippen molar-refractivity contribution in [3.8, 4) is 11.5 Å². The van der Waals surface area contributed by atoms with Crippen LogP contribution in [0.4, 0.5) is 5.69 Å². The molecule has 1 aliphatic rings. The van der Waals surface area contributed by atoms with Gasteiger partial charge in [-0.3, -0.25) is 4.79 Å². The van der Waals surface area contributed by atoms with Crippen molar-refractivity contribution >= 4 is 24.6 Å². The minimum absolute atomic E-state index is 0.627. The number of nitrogens with zero attached hydrogens (tertiary/aromatic N) is 1. The van der Waals surface area contributed by atoms with E-state index in [-0.39, 0.29) is 0 Å². The highest BCUT2D eigenvalue weighted by atomic mass is 32.1. The average Bonchev–Trinajstić information content (AvgIpc) is 3.04. The zero-order chi connectivity index (χ0) is 14.7. The number of anilines is 1. The van der Waals surface area contributed by atoms with E-state index in [0.29, 0.717) is 10.5 Å². The van der Waals surface area contributed by atoms with E-state index in [9.17, 15) is 4.79 Å². The molecule has 0 saturated carbocycles. The highest BCUT2D eigenvalue weighted by Crippen LogP contribution is 2.39. The fourth-order valence-corrected chi connectivity index (χ4v) is 2.90. The lowest BCUT2D eigenvalue weighted by atomic mass is 10.2. The van der Waals surface area contributed by atoms with Crippen LogP contribution in [0.2, 0.25) is 0 Å². The van der Waals surface area contributed by atoms with Crippen LogP contribution in [0.25, 0.3) is 0 Å². The number of benzene rings is 2. The highest BCUT2D eigenvalue weighted by Gasteiger charge is 2.20. The Hall–Kier alpha value is -1.94. The smallest absolute Gasteiger partial charge is 0.164 e. The van der Waals surface area contributed by atoms with Crippen molar-refractivity contribution in [2.75, 3.05) is 18.0 Å². The molecule has 1 fully saturated rings. The third kappa shape index (κ3) is 3.05. The third-order valence-electron chi connectivity index (χ3n) is 3.62. The number of ether oxygens (including phenoxy) is 1. The fourth-order valence-electron chi connectivity index (χ4n) is 2.59. The van der Waals surface area contributed by atoms with Crippen molar-refractivity contribution in [2.45, 2.75) is 17.7 Å². The van der Waals surface area contributed by atoms with E-state index in [4.69, 9.17) is 4.74 Å². The predicted molar refractivity (Wildman–Crippen MR) is 87.0 cm³/mol. The summed E-state index contributed by atoms with van der Waals surface area (Å²) in [6, 6.07) is 13.3. The molecule has 3 nitrogen and oxygen atoms in total. The Bertz CT molecular complexity index is 637. The van der Waals surface area contributed by atoms with Crippen LogP contribution in [0.5, 0.6) is 11.5 Å². The molecule has 1 aliphatic heterocycles. The lowest BCUT2D eigenvalue weighted by Gasteiger charge is -2.23. The summed E-state index contributed by atoms with van der Waals surface area (Å²) < 4.78 is 6.02. The molecule has 0 amide bonds. The lowest BCUT2D eigenvalue weighted by molar-refractivity contribution is 0.112. The summed E-state index contributed by atoms with van der Waals surface area (Å²) in [6.45, 7) is 1.97. The molecule has 21 heavy (non-hydrogen) atoms. The molecule has 2 aromatic rings. The largest absolute Gasteiger partial charge is 0.454 e. The van der Waals surface area contributed by atoms with Gasteiger partial charge in [0.1, 0.15) is 12.0 Å². The molecule has 4 heteroatoms. The van der Waals surface area contributed by atoms with Gasteiger partial charge in [0, 0.05) is 23.5 Å². The lowest BCUT2D eigenvalue weighted by Crippen LogP contribution is -2.18. The summed E-state index contributed by atoms with van der Waals surface area (Å²) in [5, 5.41) is 0. The van der Waals surface area contributed by atoms with E-state index in [2.05, 4.69) is 17.5 Å². The second-order valence-corrected chi connectivity index (χ2v) is 5.60. The molecular formula is C17H17NO2S. The Kier molecular flexibility index (Phi) is 4.15. The fraction of sp³-hybridized carbons (Fsp3) is 0.235. The second kappa shape index (κ2) is 6.22. The predicted octanol–water partition coefficient (Wildman–Crippen LogP) is 4.18. The number of hydrogen-bond donors (Lipinski definition) is 1. The van der Waals surface area contributed by atoms with Crippen molar-refractivity contribution in [1.29, 1.82) is 0 Å².